The number of aromatic nitrogens is 3. The molecule has 0 spiro atoms. The molecule has 0 aliphatic carbocycles. The van der Waals surface area contributed by atoms with E-state index < -0.39 is 52.0 Å². The number of rotatable bonds is 12. The van der Waals surface area contributed by atoms with Gasteiger partial charge < -0.3 is 30.5 Å². The summed E-state index contributed by atoms with van der Waals surface area (Å²) in [4.78, 5) is 33.4. The van der Waals surface area contributed by atoms with E-state index in [1.807, 2.05) is 0 Å². The van der Waals surface area contributed by atoms with Crippen molar-refractivity contribution >= 4 is 27.8 Å². The number of nitrogens with one attached hydrogen (secondary N) is 1. The Kier molecular flexibility index (Phi) is 12.9. The number of aliphatic hydroxyl groups excluding tert-OH is 2. The van der Waals surface area contributed by atoms with Crippen molar-refractivity contribution in [3.05, 3.63) is 48.2 Å². The molecule has 3 atom stereocenters. The van der Waals surface area contributed by atoms with Gasteiger partial charge in [0.2, 0.25) is 10.0 Å². The summed E-state index contributed by atoms with van der Waals surface area (Å²) in [6.07, 6.45) is -3.36. The molecule has 1 aliphatic rings. The average molecular weight is 625 g/mol. The molecule has 0 aromatic carbocycles. The number of hydroxylamine groups is 1. The third kappa shape index (κ3) is 10.7. The molecule has 6 N–H and O–H groups in total. The number of piperazine rings is 1. The molecule has 234 valence electrons. The third-order valence-corrected chi connectivity index (χ3v) is 7.98. The van der Waals surface area contributed by atoms with E-state index in [2.05, 4.69) is 20.4 Å². The van der Waals surface area contributed by atoms with Gasteiger partial charge >= 0.3 is 18.1 Å². The van der Waals surface area contributed by atoms with Crippen molar-refractivity contribution < 1.29 is 56.8 Å². The van der Waals surface area contributed by atoms with E-state index in [0.717, 1.165) is 12.3 Å². The van der Waals surface area contributed by atoms with Crippen molar-refractivity contribution in [1.29, 1.82) is 0 Å². The van der Waals surface area contributed by atoms with Gasteiger partial charge in [-0.15, -0.1) is 0 Å². The van der Waals surface area contributed by atoms with Crippen LogP contribution in [-0.4, -0.2) is 115 Å². The second-order valence-electron chi connectivity index (χ2n) is 9.02. The van der Waals surface area contributed by atoms with Crippen LogP contribution in [0.5, 0.6) is 0 Å². The van der Waals surface area contributed by atoms with E-state index in [1.54, 1.807) is 23.4 Å². The number of halogens is 3. The average Bonchev–Trinajstić information content (AvgIpc) is 2.96. The molecule has 0 unspecified atom stereocenters. The Balaban J connectivity index is 0.000000528. The number of hydrogen-bond donors (Lipinski definition) is 6. The Hall–Kier alpha value is -3.49. The van der Waals surface area contributed by atoms with Crippen LogP contribution in [0.4, 0.5) is 19.0 Å². The van der Waals surface area contributed by atoms with Gasteiger partial charge in [0.05, 0.1) is 11.3 Å². The van der Waals surface area contributed by atoms with Gasteiger partial charge in [0, 0.05) is 57.2 Å². The number of pyridine rings is 1. The Bertz CT molecular complexity index is 1230. The summed E-state index contributed by atoms with van der Waals surface area (Å²) >= 11 is 0. The van der Waals surface area contributed by atoms with Gasteiger partial charge in [-0.1, -0.05) is 0 Å². The van der Waals surface area contributed by atoms with E-state index >= 15 is 0 Å². The lowest BCUT2D eigenvalue weighted by atomic mass is 10.1. The number of sulfonamides is 1. The minimum Gasteiger partial charge on any atom is -0.479 e. The second kappa shape index (κ2) is 15.7. The molecule has 0 radical (unpaired) electrons. The maximum absolute atomic E-state index is 12.8. The number of aliphatic hydroxyl groups is 2. The van der Waals surface area contributed by atoms with Crippen LogP contribution < -0.4 is 10.4 Å². The molecular weight excluding hydrogens is 593 g/mol. The largest absolute Gasteiger partial charge is 0.479 e. The lowest BCUT2D eigenvalue weighted by Crippen LogP contribution is -2.51. The molecule has 42 heavy (non-hydrogen) atoms. The third-order valence-electron chi connectivity index (χ3n) is 6.00. The minimum atomic E-state index is -4.45. The van der Waals surface area contributed by atoms with Crippen LogP contribution in [0.15, 0.2) is 36.8 Å². The number of nitrogens with zero attached hydrogens (tertiary/aromatic N) is 5. The lowest BCUT2D eigenvalue weighted by molar-refractivity contribution is -0.165. The summed E-state index contributed by atoms with van der Waals surface area (Å²) in [6, 6.07) is 3.32. The fourth-order valence-electron chi connectivity index (χ4n) is 3.72. The first-order valence-electron chi connectivity index (χ1n) is 12.4. The second-order valence-corrected chi connectivity index (χ2v) is 11.0. The fraction of sp³-hybridized carbons (Fsp3) is 0.522. The van der Waals surface area contributed by atoms with Crippen LogP contribution in [0.2, 0.25) is 0 Å². The zero-order chi connectivity index (χ0) is 31.5. The SMILES string of the molecule is O=C(O)[C@H](O)[C@@H](O)C(=O)O.O=S(=O)(C[C@H](CCCc1ncccn1)NO)N1CCN(c2ccc(C(F)(F)F)cn2)CC1. The summed E-state index contributed by atoms with van der Waals surface area (Å²) in [7, 11) is -3.64. The molecule has 2 aromatic rings. The normalized spacial score (nSPS) is 16.6. The number of alkyl halides is 3. The summed E-state index contributed by atoms with van der Waals surface area (Å²) in [5.41, 5.74) is 1.25. The molecule has 3 rings (SSSR count). The molecule has 15 nitrogen and oxygen atoms in total. The smallest absolute Gasteiger partial charge is 0.417 e. The molecule has 1 fully saturated rings. The van der Waals surface area contributed by atoms with Gasteiger partial charge in [0.25, 0.3) is 0 Å². The van der Waals surface area contributed by atoms with Crippen LogP contribution in [0.25, 0.3) is 0 Å². The van der Waals surface area contributed by atoms with Crippen LogP contribution in [0.3, 0.4) is 0 Å². The first kappa shape index (κ1) is 34.7. The zero-order valence-corrected chi connectivity index (χ0v) is 22.8. The number of carboxylic acids is 2. The van der Waals surface area contributed by atoms with Crippen molar-refractivity contribution in [2.24, 2.45) is 0 Å². The summed E-state index contributed by atoms with van der Waals surface area (Å²) in [5.74, 6) is -2.78. The predicted octanol–water partition coefficient (Wildman–Crippen LogP) is -0.410. The van der Waals surface area contributed by atoms with E-state index in [1.165, 1.54) is 10.4 Å². The summed E-state index contributed by atoms with van der Waals surface area (Å²) < 4.78 is 64.9. The highest BCUT2D eigenvalue weighted by Crippen LogP contribution is 2.29. The Morgan fingerprint density at radius 1 is 0.976 bits per heavy atom. The maximum atomic E-state index is 12.8. The molecule has 0 saturated carbocycles. The van der Waals surface area contributed by atoms with Crippen LogP contribution in [-0.2, 0) is 32.2 Å². The van der Waals surface area contributed by atoms with Crippen molar-refractivity contribution in [3.8, 4) is 0 Å². The van der Waals surface area contributed by atoms with Crippen LogP contribution >= 0.6 is 0 Å². The van der Waals surface area contributed by atoms with Crippen molar-refractivity contribution in [2.45, 2.75) is 43.7 Å². The van der Waals surface area contributed by atoms with Crippen molar-refractivity contribution in [3.63, 3.8) is 0 Å². The van der Waals surface area contributed by atoms with Crippen molar-refractivity contribution in [2.75, 3.05) is 36.8 Å². The fourth-order valence-corrected chi connectivity index (χ4v) is 5.40. The van der Waals surface area contributed by atoms with Gasteiger partial charge in [-0.05, 0) is 31.0 Å². The first-order chi connectivity index (χ1) is 19.7. The molecule has 1 aliphatic heterocycles. The number of aliphatic carboxylic acids is 2. The monoisotopic (exact) mass is 624 g/mol. The van der Waals surface area contributed by atoms with E-state index in [-0.39, 0.29) is 18.8 Å². The van der Waals surface area contributed by atoms with Crippen LogP contribution in [0.1, 0.15) is 24.2 Å². The molecule has 2 aromatic heterocycles. The standard InChI is InChI=1S/C19H25F3N6O3S.C4H6O6/c20-19(21,22)15-5-6-18(25-13-15)27-9-11-28(12-10-27)32(30,31)14-16(26-29)3-1-4-17-23-7-2-8-24-17;5-1(3(7)8)2(6)4(9)10/h2,5-8,13,16,26,29H,1,3-4,9-12,14H2;1-2,5-6H,(H,7,8)(H,9,10)/t16-;1-,2-/m01/s1. The maximum Gasteiger partial charge on any atom is 0.417 e. The molecule has 1 saturated heterocycles. The Labute approximate surface area is 238 Å². The first-order valence-corrected chi connectivity index (χ1v) is 14.0. The molecular formula is C23H31F3N6O9S. The minimum absolute atomic E-state index is 0.182. The Morgan fingerprint density at radius 3 is 2.00 bits per heavy atom. The summed E-state index contributed by atoms with van der Waals surface area (Å²) in [6.45, 7) is 0.975. The Morgan fingerprint density at radius 2 is 1.55 bits per heavy atom. The molecule has 19 heteroatoms. The highest BCUT2D eigenvalue weighted by atomic mass is 32.2. The quantitative estimate of drug-likeness (QED) is 0.165. The number of anilines is 1. The van der Waals surface area contributed by atoms with E-state index in [9.17, 15) is 36.4 Å². The van der Waals surface area contributed by atoms with E-state index in [4.69, 9.17) is 20.4 Å². The number of carboxylic acid groups (broad SMARTS) is 2. The van der Waals surface area contributed by atoms with Gasteiger partial charge in [-0.25, -0.2) is 38.4 Å². The number of hydrogen-bond acceptors (Lipinski definition) is 12. The number of aryl methyl sites for hydroxylation is 1. The van der Waals surface area contributed by atoms with E-state index in [0.29, 0.717) is 44.0 Å². The highest BCUT2D eigenvalue weighted by Gasteiger charge is 2.32. The zero-order valence-electron chi connectivity index (χ0n) is 22.0. The van der Waals surface area contributed by atoms with Gasteiger partial charge in [-0.3, -0.25) is 0 Å². The predicted molar refractivity (Wildman–Crippen MR) is 138 cm³/mol. The molecule has 3 heterocycles. The highest BCUT2D eigenvalue weighted by molar-refractivity contribution is 7.89. The molecule has 0 bridgehead atoms. The van der Waals surface area contributed by atoms with Crippen LogP contribution in [0, 0.1) is 0 Å². The number of carbonyl (C=O) groups is 2. The topological polar surface area (TPSA) is 227 Å². The van der Waals surface area contributed by atoms with Gasteiger partial charge in [-0.2, -0.15) is 17.5 Å². The van der Waals surface area contributed by atoms with Gasteiger partial charge in [0.1, 0.15) is 11.6 Å². The molecule has 0 amide bonds. The van der Waals surface area contributed by atoms with Crippen molar-refractivity contribution in [1.82, 2.24) is 24.7 Å². The summed E-state index contributed by atoms with van der Waals surface area (Å²) in [5, 5.41) is 41.9. The van der Waals surface area contributed by atoms with Gasteiger partial charge in [0.15, 0.2) is 12.2 Å². The lowest BCUT2D eigenvalue weighted by Gasteiger charge is -2.35.